The Morgan fingerprint density at radius 3 is 0.735 bits per heavy atom. The highest BCUT2D eigenvalue weighted by atomic mass is 16.6. The van der Waals surface area contributed by atoms with E-state index in [9.17, 15) is 14.4 Å². The van der Waals surface area contributed by atoms with E-state index in [1.807, 2.05) is 0 Å². The van der Waals surface area contributed by atoms with Gasteiger partial charge in [-0.3, -0.25) is 14.4 Å². The van der Waals surface area contributed by atoms with Crippen LogP contribution in [0.4, 0.5) is 0 Å². The van der Waals surface area contributed by atoms with Crippen molar-refractivity contribution in [2.75, 3.05) is 13.2 Å². The van der Waals surface area contributed by atoms with Crippen molar-refractivity contribution in [1.29, 1.82) is 0 Å². The average molecular weight is 1150 g/mol. The second-order valence-electron chi connectivity index (χ2n) is 22.7. The third-order valence-electron chi connectivity index (χ3n) is 14.7. The molecule has 0 aromatic carbocycles. The second kappa shape index (κ2) is 70.0. The van der Waals surface area contributed by atoms with Gasteiger partial charge in [0.25, 0.3) is 0 Å². The molecule has 0 saturated carbocycles. The standard InChI is InChI=1S/C77H128O6/c1-4-7-10-13-16-19-22-25-28-30-31-32-33-34-35-36-37-38-39-40-41-42-43-44-45-47-49-52-55-58-61-64-67-70-76(79)82-73-74(72-81-75(78)69-66-63-60-57-54-51-48-27-24-21-18-15-12-9-6-3)83-77(80)71-68-65-62-59-56-53-50-46-29-26-23-20-17-14-11-8-5-2/h7,9-10,12,16,18-19,21,25,27-28,31-32,34-35,37-38,40-41,43-44,48,74H,4-6,8,11,13-15,17,20,22-24,26,29-30,33,36,39,42,45-47,49-73H2,1-3H3/b10-7-,12-9-,19-16-,21-18-,28-25-,32-31-,35-34-,38-37-,41-40-,44-43-,48-27-. The minimum atomic E-state index is -0.792. The summed E-state index contributed by atoms with van der Waals surface area (Å²) in [6.45, 7) is 6.42. The highest BCUT2D eigenvalue weighted by Gasteiger charge is 2.19. The van der Waals surface area contributed by atoms with Gasteiger partial charge in [0, 0.05) is 19.3 Å². The first-order valence-corrected chi connectivity index (χ1v) is 34.7. The zero-order valence-electron chi connectivity index (χ0n) is 54.2. The first-order chi connectivity index (χ1) is 41.0. The van der Waals surface area contributed by atoms with Crippen LogP contribution in [0.25, 0.3) is 0 Å². The van der Waals surface area contributed by atoms with Crippen LogP contribution in [0.5, 0.6) is 0 Å². The molecule has 0 heterocycles. The summed E-state index contributed by atoms with van der Waals surface area (Å²) in [7, 11) is 0. The Bertz CT molecular complexity index is 1750. The van der Waals surface area contributed by atoms with Crippen molar-refractivity contribution in [3.63, 3.8) is 0 Å². The SMILES string of the molecule is CC/C=C\C/C=C\C/C=C\C/C=C\C/C=C\C/C=C\C/C=C\C/C=C\CCCCCCCCCCC(=O)OCC(COC(=O)CCCCCCC/C=C\C/C=C\C/C=C\CC)OC(=O)CCCCCCCCCCCCCCCCCCC. The van der Waals surface area contributed by atoms with E-state index in [0.29, 0.717) is 19.3 Å². The lowest BCUT2D eigenvalue weighted by atomic mass is 10.0. The third-order valence-corrected chi connectivity index (χ3v) is 14.7. The Balaban J connectivity index is 4.31. The number of ether oxygens (including phenoxy) is 3. The minimum absolute atomic E-state index is 0.0884. The Labute approximate surface area is 513 Å². The van der Waals surface area contributed by atoms with Gasteiger partial charge >= 0.3 is 17.9 Å². The highest BCUT2D eigenvalue weighted by molar-refractivity contribution is 5.71. The van der Waals surface area contributed by atoms with Gasteiger partial charge in [-0.2, -0.15) is 0 Å². The lowest BCUT2D eigenvalue weighted by Gasteiger charge is -2.18. The van der Waals surface area contributed by atoms with Gasteiger partial charge in [-0.05, 0) is 116 Å². The maximum Gasteiger partial charge on any atom is 0.306 e. The molecule has 6 nitrogen and oxygen atoms in total. The van der Waals surface area contributed by atoms with Crippen molar-refractivity contribution in [2.45, 2.75) is 322 Å². The lowest BCUT2D eigenvalue weighted by Crippen LogP contribution is -2.30. The van der Waals surface area contributed by atoms with Crippen molar-refractivity contribution in [3.8, 4) is 0 Å². The molecule has 0 aliphatic rings. The molecule has 0 bridgehead atoms. The molecule has 0 aliphatic heterocycles. The molecular formula is C77H128O6. The summed E-state index contributed by atoms with van der Waals surface area (Å²) in [6, 6.07) is 0. The summed E-state index contributed by atoms with van der Waals surface area (Å²) in [5.74, 6) is -0.903. The molecule has 472 valence electrons. The van der Waals surface area contributed by atoms with Gasteiger partial charge in [0.15, 0.2) is 6.10 Å². The summed E-state index contributed by atoms with van der Waals surface area (Å²) < 4.78 is 16.9. The average Bonchev–Trinajstić information content (AvgIpc) is 3.49. The maximum absolute atomic E-state index is 12.9. The van der Waals surface area contributed by atoms with Gasteiger partial charge in [0.05, 0.1) is 0 Å². The number of esters is 3. The monoisotopic (exact) mass is 1150 g/mol. The number of hydrogen-bond donors (Lipinski definition) is 0. The van der Waals surface area contributed by atoms with E-state index in [2.05, 4.69) is 154 Å². The number of hydrogen-bond acceptors (Lipinski definition) is 6. The Morgan fingerprint density at radius 1 is 0.253 bits per heavy atom. The van der Waals surface area contributed by atoms with Crippen LogP contribution in [-0.4, -0.2) is 37.2 Å². The van der Waals surface area contributed by atoms with Crippen molar-refractivity contribution in [2.24, 2.45) is 0 Å². The molecular weight excluding hydrogens is 1020 g/mol. The Hall–Kier alpha value is -4.45. The zero-order chi connectivity index (χ0) is 59.9. The topological polar surface area (TPSA) is 78.9 Å². The molecule has 0 amide bonds. The molecule has 1 atom stereocenters. The molecule has 0 N–H and O–H groups in total. The fourth-order valence-electron chi connectivity index (χ4n) is 9.53. The molecule has 0 aromatic rings. The molecule has 0 aliphatic carbocycles. The van der Waals surface area contributed by atoms with Crippen LogP contribution in [0.1, 0.15) is 316 Å². The van der Waals surface area contributed by atoms with Crippen LogP contribution in [0.2, 0.25) is 0 Å². The highest BCUT2D eigenvalue weighted by Crippen LogP contribution is 2.17. The largest absolute Gasteiger partial charge is 0.462 e. The minimum Gasteiger partial charge on any atom is -0.462 e. The third kappa shape index (κ3) is 68.2. The molecule has 6 heteroatoms. The van der Waals surface area contributed by atoms with E-state index in [-0.39, 0.29) is 31.1 Å². The Kier molecular flexibility index (Phi) is 66.3. The van der Waals surface area contributed by atoms with E-state index < -0.39 is 6.10 Å². The first-order valence-electron chi connectivity index (χ1n) is 34.7. The molecule has 0 rings (SSSR count). The van der Waals surface area contributed by atoms with E-state index in [0.717, 1.165) is 154 Å². The molecule has 0 aromatic heterocycles. The molecule has 0 saturated heterocycles. The van der Waals surface area contributed by atoms with E-state index in [1.54, 1.807) is 0 Å². The summed E-state index contributed by atoms with van der Waals surface area (Å²) in [4.78, 5) is 38.4. The van der Waals surface area contributed by atoms with Crippen LogP contribution >= 0.6 is 0 Å². The maximum atomic E-state index is 12.9. The first kappa shape index (κ1) is 78.5. The van der Waals surface area contributed by atoms with Gasteiger partial charge in [0.2, 0.25) is 0 Å². The summed E-state index contributed by atoms with van der Waals surface area (Å²) in [5, 5.41) is 0. The summed E-state index contributed by atoms with van der Waals surface area (Å²) in [5.41, 5.74) is 0. The lowest BCUT2D eigenvalue weighted by molar-refractivity contribution is -0.167. The smallest absolute Gasteiger partial charge is 0.306 e. The van der Waals surface area contributed by atoms with Crippen molar-refractivity contribution in [1.82, 2.24) is 0 Å². The number of unbranched alkanes of at least 4 members (excludes halogenated alkanes) is 29. The van der Waals surface area contributed by atoms with Gasteiger partial charge < -0.3 is 14.2 Å². The molecule has 83 heavy (non-hydrogen) atoms. The normalized spacial score (nSPS) is 13.0. The van der Waals surface area contributed by atoms with Crippen molar-refractivity contribution in [3.05, 3.63) is 134 Å². The molecule has 0 fully saturated rings. The summed E-state index contributed by atoms with van der Waals surface area (Å²) in [6.07, 6.45) is 99.0. The number of carbonyl (C=O) groups excluding carboxylic acids is 3. The number of rotatable bonds is 62. The number of allylic oxidation sites excluding steroid dienone is 22. The van der Waals surface area contributed by atoms with Gasteiger partial charge in [-0.15, -0.1) is 0 Å². The van der Waals surface area contributed by atoms with Gasteiger partial charge in [0.1, 0.15) is 13.2 Å². The Morgan fingerprint density at radius 2 is 0.470 bits per heavy atom. The second-order valence-corrected chi connectivity index (χ2v) is 22.7. The van der Waals surface area contributed by atoms with Crippen molar-refractivity contribution >= 4 is 17.9 Å². The fourth-order valence-corrected chi connectivity index (χ4v) is 9.53. The number of carbonyl (C=O) groups is 3. The predicted octanol–water partition coefficient (Wildman–Crippen LogP) is 24.1. The van der Waals surface area contributed by atoms with E-state index in [1.165, 1.54) is 122 Å². The summed E-state index contributed by atoms with van der Waals surface area (Å²) >= 11 is 0. The van der Waals surface area contributed by atoms with Crippen LogP contribution in [0.15, 0.2) is 134 Å². The van der Waals surface area contributed by atoms with Crippen LogP contribution in [0, 0.1) is 0 Å². The molecule has 0 spiro atoms. The van der Waals surface area contributed by atoms with Crippen LogP contribution < -0.4 is 0 Å². The fraction of sp³-hybridized carbons (Fsp3) is 0.675. The quantitative estimate of drug-likeness (QED) is 0.0261. The van der Waals surface area contributed by atoms with Crippen LogP contribution in [-0.2, 0) is 28.6 Å². The predicted molar refractivity (Wildman–Crippen MR) is 362 cm³/mol. The van der Waals surface area contributed by atoms with E-state index in [4.69, 9.17) is 14.2 Å². The van der Waals surface area contributed by atoms with Crippen molar-refractivity contribution < 1.29 is 28.6 Å². The molecule has 0 radical (unpaired) electrons. The van der Waals surface area contributed by atoms with Gasteiger partial charge in [-0.25, -0.2) is 0 Å². The van der Waals surface area contributed by atoms with Crippen LogP contribution in [0.3, 0.4) is 0 Å². The zero-order valence-corrected chi connectivity index (χ0v) is 54.2. The molecule has 1 unspecified atom stereocenters. The van der Waals surface area contributed by atoms with Gasteiger partial charge in [-0.1, -0.05) is 315 Å². The van der Waals surface area contributed by atoms with E-state index >= 15 is 0 Å².